The maximum Gasteiger partial charge on any atom is -0.00489 e. The zero-order chi connectivity index (χ0) is 15.0. The van der Waals surface area contributed by atoms with Crippen LogP contribution in [0.25, 0.3) is 0 Å². The van der Waals surface area contributed by atoms with Crippen LogP contribution in [-0.2, 0) is 0 Å². The van der Waals surface area contributed by atoms with Gasteiger partial charge in [0.1, 0.15) is 0 Å². The molecule has 0 aromatic rings. The summed E-state index contributed by atoms with van der Waals surface area (Å²) in [5, 5.41) is 3.28. The SMILES string of the molecule is C1CCNCC1.CC.CC1C(C)(C)C23CC2CCC13C. The van der Waals surface area contributed by atoms with Crippen molar-refractivity contribution < 1.29 is 0 Å². The molecule has 1 N–H and O–H groups in total. The molecule has 4 fully saturated rings. The van der Waals surface area contributed by atoms with E-state index < -0.39 is 0 Å². The Labute approximate surface area is 127 Å². The van der Waals surface area contributed by atoms with Crippen LogP contribution in [0.2, 0.25) is 0 Å². The van der Waals surface area contributed by atoms with Crippen molar-refractivity contribution in [1.82, 2.24) is 5.32 Å². The number of hydrogen-bond donors (Lipinski definition) is 1. The lowest BCUT2D eigenvalue weighted by atomic mass is 9.39. The van der Waals surface area contributed by atoms with Gasteiger partial charge >= 0.3 is 0 Å². The predicted octanol–water partition coefficient (Wildman–Crippen LogP) is 5.25. The highest BCUT2D eigenvalue weighted by molar-refractivity contribution is 5.31. The minimum absolute atomic E-state index is 0.656. The van der Waals surface area contributed by atoms with Gasteiger partial charge in [0.25, 0.3) is 0 Å². The van der Waals surface area contributed by atoms with E-state index in [4.69, 9.17) is 0 Å². The first-order chi connectivity index (χ1) is 9.47. The summed E-state index contributed by atoms with van der Waals surface area (Å²) in [6.07, 6.45) is 8.82. The van der Waals surface area contributed by atoms with Crippen LogP contribution in [0.3, 0.4) is 0 Å². The van der Waals surface area contributed by atoms with Crippen LogP contribution < -0.4 is 5.32 Å². The molecule has 1 heteroatoms. The predicted molar refractivity (Wildman–Crippen MR) is 88.9 cm³/mol. The first kappa shape index (κ1) is 16.3. The topological polar surface area (TPSA) is 12.0 Å². The van der Waals surface area contributed by atoms with E-state index in [1.54, 1.807) is 6.42 Å². The van der Waals surface area contributed by atoms with E-state index in [1.807, 2.05) is 13.8 Å². The molecule has 1 saturated heterocycles. The fourth-order valence-electron chi connectivity index (χ4n) is 6.11. The van der Waals surface area contributed by atoms with Crippen molar-refractivity contribution in [2.24, 2.45) is 28.1 Å². The first-order valence-electron chi connectivity index (χ1n) is 9.17. The standard InChI is InChI=1S/C12H20.C5H11N.C2H6/c1-8-10(2,3)12-7-9(12)5-6-11(8,12)4;1-2-4-6-5-3-1;1-2/h8-9H,5-7H2,1-4H3;6H,1-5H2;1-2H3. The second kappa shape index (κ2) is 5.63. The van der Waals surface area contributed by atoms with E-state index in [0.717, 1.165) is 22.7 Å². The number of hydrogen-bond acceptors (Lipinski definition) is 1. The Morgan fingerprint density at radius 2 is 1.55 bits per heavy atom. The summed E-state index contributed by atoms with van der Waals surface area (Å²) in [6.45, 7) is 16.5. The molecular weight excluding hydrogens is 242 g/mol. The smallest absolute Gasteiger partial charge is 0.00489 e. The summed E-state index contributed by atoms with van der Waals surface area (Å²) in [5.41, 5.74) is 2.20. The van der Waals surface area contributed by atoms with Crippen molar-refractivity contribution in [3.8, 4) is 0 Å². The van der Waals surface area contributed by atoms with E-state index in [9.17, 15) is 0 Å². The second-order valence-corrected chi connectivity index (χ2v) is 8.08. The highest BCUT2D eigenvalue weighted by Gasteiger charge is 2.83. The van der Waals surface area contributed by atoms with Gasteiger partial charge in [-0.1, -0.05) is 48.0 Å². The monoisotopic (exact) mass is 279 g/mol. The third-order valence-electron chi connectivity index (χ3n) is 7.53. The normalized spacial score (nSPS) is 46.5. The summed E-state index contributed by atoms with van der Waals surface area (Å²) >= 11 is 0. The van der Waals surface area contributed by atoms with E-state index >= 15 is 0 Å². The average molecular weight is 280 g/mol. The average Bonchev–Trinajstić information content (AvgIpc) is 3.21. The number of nitrogens with one attached hydrogen (secondary N) is 1. The second-order valence-electron chi connectivity index (χ2n) is 8.08. The molecule has 3 saturated carbocycles. The van der Waals surface area contributed by atoms with E-state index in [1.165, 1.54) is 45.2 Å². The maximum atomic E-state index is 3.28. The number of piperidine rings is 1. The lowest BCUT2D eigenvalue weighted by Crippen LogP contribution is -2.60. The van der Waals surface area contributed by atoms with Crippen molar-refractivity contribution in [3.05, 3.63) is 0 Å². The van der Waals surface area contributed by atoms with Crippen LogP contribution >= 0.6 is 0 Å². The van der Waals surface area contributed by atoms with Crippen molar-refractivity contribution in [3.63, 3.8) is 0 Å². The molecule has 118 valence electrons. The fourth-order valence-corrected chi connectivity index (χ4v) is 6.11. The quantitative estimate of drug-likeness (QED) is 0.638. The summed E-state index contributed by atoms with van der Waals surface area (Å²) in [7, 11) is 0. The van der Waals surface area contributed by atoms with E-state index in [0.29, 0.717) is 5.41 Å². The molecule has 20 heavy (non-hydrogen) atoms. The third-order valence-corrected chi connectivity index (χ3v) is 7.53. The zero-order valence-corrected chi connectivity index (χ0v) is 14.8. The fraction of sp³-hybridized carbons (Fsp3) is 1.00. The Kier molecular flexibility index (Phi) is 4.60. The number of rotatable bonds is 0. The Morgan fingerprint density at radius 3 is 1.90 bits per heavy atom. The highest BCUT2D eigenvalue weighted by Crippen LogP contribution is 2.90. The molecule has 0 amide bonds. The third kappa shape index (κ3) is 1.99. The zero-order valence-electron chi connectivity index (χ0n) is 14.8. The molecule has 0 aromatic heterocycles. The molecule has 1 heterocycles. The molecule has 4 unspecified atom stereocenters. The molecule has 1 spiro atoms. The van der Waals surface area contributed by atoms with Gasteiger partial charge in [-0.25, -0.2) is 0 Å². The van der Waals surface area contributed by atoms with Gasteiger partial charge in [-0.05, 0) is 73.3 Å². The largest absolute Gasteiger partial charge is 0.317 e. The highest BCUT2D eigenvalue weighted by atomic mass is 14.9. The molecule has 0 bridgehead atoms. The van der Waals surface area contributed by atoms with Crippen molar-refractivity contribution in [2.45, 2.75) is 80.1 Å². The van der Waals surface area contributed by atoms with Crippen LogP contribution in [0.15, 0.2) is 0 Å². The molecule has 4 rings (SSSR count). The summed E-state index contributed by atoms with van der Waals surface area (Å²) in [5.74, 6) is 2.08. The lowest BCUT2D eigenvalue weighted by molar-refractivity contribution is -0.177. The Hall–Kier alpha value is -0.0400. The van der Waals surface area contributed by atoms with E-state index in [-0.39, 0.29) is 0 Å². The summed E-state index contributed by atoms with van der Waals surface area (Å²) < 4.78 is 0. The lowest BCUT2D eigenvalue weighted by Gasteiger charge is -2.65. The molecule has 4 atom stereocenters. The van der Waals surface area contributed by atoms with Gasteiger partial charge in [-0.15, -0.1) is 0 Å². The van der Waals surface area contributed by atoms with Gasteiger partial charge in [-0.3, -0.25) is 0 Å². The maximum absolute atomic E-state index is 3.28. The molecule has 1 nitrogen and oxygen atoms in total. The Balaban J connectivity index is 0.000000156. The van der Waals surface area contributed by atoms with Crippen molar-refractivity contribution in [2.75, 3.05) is 13.1 Å². The van der Waals surface area contributed by atoms with Crippen LogP contribution in [0.1, 0.15) is 80.1 Å². The van der Waals surface area contributed by atoms with Gasteiger partial charge in [0.05, 0.1) is 0 Å². The van der Waals surface area contributed by atoms with Crippen molar-refractivity contribution in [1.29, 1.82) is 0 Å². The molecule has 0 radical (unpaired) electrons. The molecular formula is C19H37N. The first-order valence-corrected chi connectivity index (χ1v) is 9.17. The van der Waals surface area contributed by atoms with Crippen molar-refractivity contribution >= 4 is 0 Å². The minimum atomic E-state index is 0.656. The van der Waals surface area contributed by atoms with Gasteiger partial charge < -0.3 is 5.32 Å². The van der Waals surface area contributed by atoms with Gasteiger partial charge in [0, 0.05) is 0 Å². The van der Waals surface area contributed by atoms with Crippen LogP contribution in [-0.4, -0.2) is 13.1 Å². The summed E-state index contributed by atoms with van der Waals surface area (Å²) in [4.78, 5) is 0. The minimum Gasteiger partial charge on any atom is -0.317 e. The van der Waals surface area contributed by atoms with Gasteiger partial charge in [-0.2, -0.15) is 0 Å². The Morgan fingerprint density at radius 1 is 0.950 bits per heavy atom. The van der Waals surface area contributed by atoms with Crippen LogP contribution in [0.5, 0.6) is 0 Å². The molecule has 1 aliphatic heterocycles. The molecule has 3 aliphatic carbocycles. The molecule has 4 aliphatic rings. The van der Waals surface area contributed by atoms with Crippen LogP contribution in [0.4, 0.5) is 0 Å². The molecule has 0 aromatic carbocycles. The van der Waals surface area contributed by atoms with Gasteiger partial charge in [0.15, 0.2) is 0 Å². The Bertz CT molecular complexity index is 319. The van der Waals surface area contributed by atoms with Gasteiger partial charge in [0.2, 0.25) is 0 Å². The summed E-state index contributed by atoms with van der Waals surface area (Å²) in [6, 6.07) is 0. The van der Waals surface area contributed by atoms with Crippen LogP contribution in [0, 0.1) is 28.1 Å². The van der Waals surface area contributed by atoms with E-state index in [2.05, 4.69) is 33.0 Å².